The molecule has 0 radical (unpaired) electrons. The molecular weight excluding hydrogens is 335 g/mol. The molecule has 3 nitrogen and oxygen atoms in total. The second-order valence-electron chi connectivity index (χ2n) is 4.77. The van der Waals surface area contributed by atoms with E-state index in [2.05, 4.69) is 25.8 Å². The Labute approximate surface area is 124 Å². The molecule has 0 unspecified atom stereocenters. The van der Waals surface area contributed by atoms with Gasteiger partial charge in [0, 0.05) is 37.7 Å². The summed E-state index contributed by atoms with van der Waals surface area (Å²) >= 11 is 3.42. The molecule has 0 aromatic carbocycles. The van der Waals surface area contributed by atoms with Crippen molar-refractivity contribution < 1.29 is 13.2 Å². The number of aromatic nitrogens is 1. The summed E-state index contributed by atoms with van der Waals surface area (Å²) in [7, 11) is 0. The molecule has 1 aliphatic heterocycles. The first kappa shape index (κ1) is 15.6. The van der Waals surface area contributed by atoms with E-state index in [9.17, 15) is 13.2 Å². The van der Waals surface area contributed by atoms with Crippen LogP contribution in [0.5, 0.6) is 0 Å². The zero-order valence-electron chi connectivity index (χ0n) is 11.0. The zero-order valence-corrected chi connectivity index (χ0v) is 12.6. The van der Waals surface area contributed by atoms with Gasteiger partial charge in [-0.2, -0.15) is 13.2 Å². The quantitative estimate of drug-likeness (QED) is 0.780. The molecule has 2 rings (SSSR count). The molecule has 0 atom stereocenters. The van der Waals surface area contributed by atoms with Crippen molar-refractivity contribution in [3.8, 4) is 0 Å². The molecule has 1 aromatic heterocycles. The number of nitrogens with zero attached hydrogens (tertiary/aromatic N) is 3. The monoisotopic (exact) mass is 351 g/mol. The Balaban J connectivity index is 2.01. The van der Waals surface area contributed by atoms with Crippen molar-refractivity contribution in [3.05, 3.63) is 23.9 Å². The van der Waals surface area contributed by atoms with Gasteiger partial charge in [-0.05, 0) is 25.1 Å². The maximum Gasteiger partial charge on any atom is 0.417 e. The van der Waals surface area contributed by atoms with Crippen molar-refractivity contribution >= 4 is 21.7 Å². The van der Waals surface area contributed by atoms with Crippen LogP contribution in [-0.4, -0.2) is 47.9 Å². The minimum Gasteiger partial charge on any atom is -0.355 e. The highest BCUT2D eigenvalue weighted by molar-refractivity contribution is 9.09. The Bertz CT molecular complexity index is 422. The molecule has 0 amide bonds. The highest BCUT2D eigenvalue weighted by Crippen LogP contribution is 2.29. The van der Waals surface area contributed by atoms with Crippen molar-refractivity contribution in [2.45, 2.75) is 12.6 Å². The van der Waals surface area contributed by atoms with Crippen molar-refractivity contribution in [2.24, 2.45) is 0 Å². The van der Waals surface area contributed by atoms with E-state index < -0.39 is 11.7 Å². The normalized spacial score (nSPS) is 18.1. The Kier molecular flexibility index (Phi) is 5.26. The molecule has 1 fully saturated rings. The van der Waals surface area contributed by atoms with Crippen molar-refractivity contribution in [1.29, 1.82) is 0 Å². The van der Waals surface area contributed by atoms with E-state index >= 15 is 0 Å². The Morgan fingerprint density at radius 3 is 2.55 bits per heavy atom. The number of rotatable bonds is 3. The largest absolute Gasteiger partial charge is 0.417 e. The molecule has 1 saturated heterocycles. The van der Waals surface area contributed by atoms with Gasteiger partial charge in [-0.3, -0.25) is 0 Å². The number of alkyl halides is 4. The first-order chi connectivity index (χ1) is 9.50. The average Bonchev–Trinajstić information content (AvgIpc) is 2.64. The van der Waals surface area contributed by atoms with Crippen LogP contribution < -0.4 is 4.90 Å². The maximum absolute atomic E-state index is 12.5. The summed E-state index contributed by atoms with van der Waals surface area (Å²) in [6, 6.07) is 2.56. The lowest BCUT2D eigenvalue weighted by atomic mass is 10.2. The number of pyridine rings is 1. The summed E-state index contributed by atoms with van der Waals surface area (Å²) < 4.78 is 37.5. The van der Waals surface area contributed by atoms with E-state index in [4.69, 9.17) is 0 Å². The molecule has 1 aliphatic rings. The van der Waals surface area contributed by atoms with Gasteiger partial charge in [-0.1, -0.05) is 15.9 Å². The van der Waals surface area contributed by atoms with Crippen LogP contribution in [0.1, 0.15) is 12.0 Å². The topological polar surface area (TPSA) is 19.4 Å². The van der Waals surface area contributed by atoms with Crippen LogP contribution in [0, 0.1) is 0 Å². The van der Waals surface area contributed by atoms with E-state index in [1.165, 1.54) is 6.07 Å². The van der Waals surface area contributed by atoms with E-state index in [1.807, 2.05) is 4.90 Å². The minimum atomic E-state index is -4.32. The third-order valence-electron chi connectivity index (χ3n) is 3.39. The fourth-order valence-electron chi connectivity index (χ4n) is 2.28. The lowest BCUT2D eigenvalue weighted by molar-refractivity contribution is -0.137. The van der Waals surface area contributed by atoms with Crippen molar-refractivity contribution in [3.63, 3.8) is 0 Å². The number of halogens is 4. The van der Waals surface area contributed by atoms with Crippen LogP contribution in [-0.2, 0) is 6.18 Å². The molecule has 0 bridgehead atoms. The van der Waals surface area contributed by atoms with Gasteiger partial charge in [0.15, 0.2) is 0 Å². The molecule has 0 N–H and O–H groups in total. The van der Waals surface area contributed by atoms with Gasteiger partial charge in [0.05, 0.1) is 5.56 Å². The van der Waals surface area contributed by atoms with Gasteiger partial charge in [0.2, 0.25) is 0 Å². The summed E-state index contributed by atoms with van der Waals surface area (Å²) in [5, 5.41) is 0.936. The molecule has 0 aliphatic carbocycles. The second-order valence-corrected chi connectivity index (χ2v) is 5.57. The Morgan fingerprint density at radius 1 is 1.15 bits per heavy atom. The highest BCUT2D eigenvalue weighted by atomic mass is 79.9. The van der Waals surface area contributed by atoms with Crippen molar-refractivity contribution in [1.82, 2.24) is 9.88 Å². The third kappa shape index (κ3) is 4.09. The first-order valence-electron chi connectivity index (χ1n) is 6.57. The van der Waals surface area contributed by atoms with Crippen LogP contribution in [0.25, 0.3) is 0 Å². The average molecular weight is 352 g/mol. The van der Waals surface area contributed by atoms with E-state index in [0.29, 0.717) is 5.82 Å². The second kappa shape index (κ2) is 6.76. The van der Waals surface area contributed by atoms with Gasteiger partial charge >= 0.3 is 6.18 Å². The van der Waals surface area contributed by atoms with Gasteiger partial charge in [0.25, 0.3) is 0 Å². The standard InChI is InChI=1S/C13H17BrF3N3/c14-4-7-19-5-1-6-20(9-8-19)12-3-2-11(10-18-12)13(15,16)17/h2-3,10H,1,4-9H2. The number of hydrogen-bond acceptors (Lipinski definition) is 3. The van der Waals surface area contributed by atoms with E-state index in [1.54, 1.807) is 0 Å². The highest BCUT2D eigenvalue weighted by Gasteiger charge is 2.30. The summed E-state index contributed by atoms with van der Waals surface area (Å²) in [5.74, 6) is 0.624. The first-order valence-corrected chi connectivity index (χ1v) is 7.69. The summed E-state index contributed by atoms with van der Waals surface area (Å²) in [6.07, 6.45) is -2.41. The fraction of sp³-hybridized carbons (Fsp3) is 0.615. The van der Waals surface area contributed by atoms with Crippen LogP contribution in [0.3, 0.4) is 0 Å². The third-order valence-corrected chi connectivity index (χ3v) is 3.74. The van der Waals surface area contributed by atoms with E-state index in [0.717, 1.165) is 56.7 Å². The maximum atomic E-state index is 12.5. The van der Waals surface area contributed by atoms with Crippen LogP contribution in [0.2, 0.25) is 0 Å². The Morgan fingerprint density at radius 2 is 1.95 bits per heavy atom. The minimum absolute atomic E-state index is 0.624. The smallest absolute Gasteiger partial charge is 0.355 e. The molecule has 2 heterocycles. The van der Waals surface area contributed by atoms with Gasteiger partial charge in [-0.25, -0.2) is 4.98 Å². The molecule has 0 spiro atoms. The molecule has 1 aromatic rings. The zero-order chi connectivity index (χ0) is 14.6. The van der Waals surface area contributed by atoms with Crippen LogP contribution in [0.15, 0.2) is 18.3 Å². The molecule has 7 heteroatoms. The predicted octanol–water partition coefficient (Wildman–Crippen LogP) is 3.01. The van der Waals surface area contributed by atoms with Crippen molar-refractivity contribution in [2.75, 3.05) is 43.0 Å². The fourth-order valence-corrected chi connectivity index (χ4v) is 2.79. The number of hydrogen-bond donors (Lipinski definition) is 0. The SMILES string of the molecule is FC(F)(F)c1ccc(N2CCCN(CCBr)CC2)nc1. The molecule has 20 heavy (non-hydrogen) atoms. The number of anilines is 1. The lowest BCUT2D eigenvalue weighted by Crippen LogP contribution is -2.32. The van der Waals surface area contributed by atoms with Gasteiger partial charge < -0.3 is 9.80 Å². The summed E-state index contributed by atoms with van der Waals surface area (Å²) in [4.78, 5) is 8.36. The van der Waals surface area contributed by atoms with Crippen LogP contribution >= 0.6 is 15.9 Å². The van der Waals surface area contributed by atoms with Gasteiger partial charge in [-0.15, -0.1) is 0 Å². The molecule has 112 valence electrons. The van der Waals surface area contributed by atoms with E-state index in [-0.39, 0.29) is 0 Å². The lowest BCUT2D eigenvalue weighted by Gasteiger charge is -2.22. The summed E-state index contributed by atoms with van der Waals surface area (Å²) in [5.41, 5.74) is -0.697. The predicted molar refractivity (Wildman–Crippen MR) is 76.3 cm³/mol. The van der Waals surface area contributed by atoms with Gasteiger partial charge in [0.1, 0.15) is 5.82 Å². The summed E-state index contributed by atoms with van der Waals surface area (Å²) in [6.45, 7) is 4.55. The Hall–Kier alpha value is -0.820. The molecular formula is C13H17BrF3N3. The molecule has 0 saturated carbocycles. The van der Waals surface area contributed by atoms with Crippen LogP contribution in [0.4, 0.5) is 19.0 Å².